The first-order chi connectivity index (χ1) is 16.3. The number of amides is 2. The molecule has 1 aromatic heterocycles. The molecule has 4 aromatic rings. The zero-order chi connectivity index (χ0) is 24.0. The lowest BCUT2D eigenvalue weighted by Crippen LogP contribution is -2.44. The summed E-state index contributed by atoms with van der Waals surface area (Å²) in [7, 11) is 1.66. The summed E-state index contributed by atoms with van der Waals surface area (Å²) in [4.78, 5) is 31.6. The zero-order valence-corrected chi connectivity index (χ0v) is 18.1. The van der Waals surface area contributed by atoms with E-state index in [0.29, 0.717) is 11.1 Å². The van der Waals surface area contributed by atoms with Gasteiger partial charge in [-0.15, -0.1) is 0 Å². The van der Waals surface area contributed by atoms with E-state index in [1.165, 1.54) is 12.1 Å². The second-order valence-electron chi connectivity index (χ2n) is 8.28. The number of rotatable bonds is 3. The number of halogens is 3. The minimum Gasteiger partial charge on any atom is -0.361 e. The van der Waals surface area contributed by atoms with Gasteiger partial charge in [0, 0.05) is 41.0 Å². The van der Waals surface area contributed by atoms with E-state index in [2.05, 4.69) is 10.3 Å². The largest absolute Gasteiger partial charge is 0.416 e. The molecule has 2 heterocycles. The van der Waals surface area contributed by atoms with Crippen molar-refractivity contribution in [3.8, 4) is 0 Å². The van der Waals surface area contributed by atoms with Crippen LogP contribution >= 0.6 is 0 Å². The normalized spacial score (nSPS) is 18.1. The van der Waals surface area contributed by atoms with Gasteiger partial charge in [-0.1, -0.05) is 36.4 Å². The molecule has 2 N–H and O–H groups in total. The Kier molecular flexibility index (Phi) is 5.16. The zero-order valence-electron chi connectivity index (χ0n) is 18.1. The van der Waals surface area contributed by atoms with Crippen molar-refractivity contribution in [1.29, 1.82) is 0 Å². The van der Waals surface area contributed by atoms with Gasteiger partial charge in [0.25, 0.3) is 5.91 Å². The maximum absolute atomic E-state index is 13.6. The summed E-state index contributed by atoms with van der Waals surface area (Å²) in [6, 6.07) is 18.2. The topological polar surface area (TPSA) is 65.2 Å². The van der Waals surface area contributed by atoms with Crippen LogP contribution in [0.15, 0.2) is 79.0 Å². The number of likely N-dealkylation sites (N-methyl/N-ethyl adjacent to an activating group) is 1. The molecule has 172 valence electrons. The molecular weight excluding hydrogens is 443 g/mol. The van der Waals surface area contributed by atoms with E-state index in [0.717, 1.165) is 28.6 Å². The second-order valence-corrected chi connectivity index (χ2v) is 8.28. The molecule has 1 aliphatic rings. The number of hydrogen-bond acceptors (Lipinski definition) is 2. The molecule has 0 unspecified atom stereocenters. The fraction of sp³-hybridized carbons (Fsp3) is 0.154. The van der Waals surface area contributed by atoms with Crippen LogP contribution in [0, 0.1) is 0 Å². The Morgan fingerprint density at radius 2 is 1.62 bits per heavy atom. The van der Waals surface area contributed by atoms with Crippen molar-refractivity contribution < 1.29 is 22.8 Å². The maximum Gasteiger partial charge on any atom is 0.416 e. The number of alkyl halides is 3. The van der Waals surface area contributed by atoms with Crippen molar-refractivity contribution in [2.24, 2.45) is 0 Å². The van der Waals surface area contributed by atoms with Gasteiger partial charge in [-0.25, -0.2) is 0 Å². The third kappa shape index (κ3) is 3.61. The Bertz CT molecular complexity index is 1390. The molecule has 2 amide bonds. The van der Waals surface area contributed by atoms with E-state index in [-0.39, 0.29) is 11.6 Å². The Labute approximate surface area is 193 Å². The number of hydrogen-bond donors (Lipinski definition) is 2. The van der Waals surface area contributed by atoms with Gasteiger partial charge in [-0.3, -0.25) is 9.59 Å². The van der Waals surface area contributed by atoms with E-state index in [1.54, 1.807) is 42.4 Å². The van der Waals surface area contributed by atoms with Crippen molar-refractivity contribution in [1.82, 2.24) is 9.88 Å². The van der Waals surface area contributed by atoms with E-state index >= 15 is 0 Å². The van der Waals surface area contributed by atoms with Crippen LogP contribution in [0.25, 0.3) is 10.9 Å². The van der Waals surface area contributed by atoms with E-state index in [1.807, 2.05) is 24.3 Å². The molecule has 0 radical (unpaired) electrons. The number of anilines is 1. The summed E-state index contributed by atoms with van der Waals surface area (Å²) in [5, 5.41) is 3.64. The Morgan fingerprint density at radius 1 is 0.941 bits per heavy atom. The molecule has 0 saturated heterocycles. The monoisotopic (exact) mass is 463 g/mol. The van der Waals surface area contributed by atoms with Gasteiger partial charge in [-0.2, -0.15) is 13.2 Å². The summed E-state index contributed by atoms with van der Waals surface area (Å²) in [6.07, 6.45) is -2.67. The van der Waals surface area contributed by atoms with Crippen molar-refractivity contribution in [3.63, 3.8) is 0 Å². The highest BCUT2D eigenvalue weighted by Gasteiger charge is 2.43. The van der Waals surface area contributed by atoms with Crippen molar-refractivity contribution >= 4 is 28.4 Å². The Hall–Kier alpha value is -4.07. The molecule has 0 saturated carbocycles. The lowest BCUT2D eigenvalue weighted by atomic mass is 9.79. The summed E-state index contributed by atoms with van der Waals surface area (Å²) >= 11 is 0. The number of fused-ring (bicyclic) bond motifs is 2. The van der Waals surface area contributed by atoms with Gasteiger partial charge in [0.1, 0.15) is 0 Å². The molecule has 8 heteroatoms. The third-order valence-electron chi connectivity index (χ3n) is 6.28. The number of benzene rings is 3. The van der Waals surface area contributed by atoms with Crippen LogP contribution in [0.4, 0.5) is 18.9 Å². The highest BCUT2D eigenvalue weighted by Crippen LogP contribution is 2.44. The minimum absolute atomic E-state index is 0.204. The lowest BCUT2D eigenvalue weighted by Gasteiger charge is -2.39. The van der Waals surface area contributed by atoms with Crippen molar-refractivity contribution in [2.75, 3.05) is 12.4 Å². The highest BCUT2D eigenvalue weighted by molar-refractivity contribution is 6.05. The molecule has 0 bridgehead atoms. The number of para-hydroxylation sites is 1. The van der Waals surface area contributed by atoms with Crippen LogP contribution in [0.5, 0.6) is 0 Å². The van der Waals surface area contributed by atoms with Gasteiger partial charge >= 0.3 is 6.18 Å². The molecule has 5 rings (SSSR count). The number of nitrogens with one attached hydrogen (secondary N) is 2. The first-order valence-electron chi connectivity index (χ1n) is 10.7. The molecule has 0 fully saturated rings. The first-order valence-corrected chi connectivity index (χ1v) is 10.7. The molecule has 0 aliphatic carbocycles. The molecule has 5 nitrogen and oxygen atoms in total. The fourth-order valence-electron chi connectivity index (χ4n) is 4.65. The summed E-state index contributed by atoms with van der Waals surface area (Å²) in [5.41, 5.74) is 2.11. The molecule has 2 atom stereocenters. The van der Waals surface area contributed by atoms with Gasteiger partial charge in [0.05, 0.1) is 17.5 Å². The smallest absolute Gasteiger partial charge is 0.361 e. The SMILES string of the molecule is CN1C(=O)c2ccccc2[C@H](C(=O)Nc2ccc(C(F)(F)F)cc2)[C@@H]1c1c[nH]c2ccccc12. The number of H-pyrrole nitrogens is 1. The predicted octanol–water partition coefficient (Wildman–Crippen LogP) is 5.74. The Morgan fingerprint density at radius 3 is 2.35 bits per heavy atom. The number of aromatic nitrogens is 1. The number of nitrogens with zero attached hydrogens (tertiary/aromatic N) is 1. The third-order valence-corrected chi connectivity index (χ3v) is 6.28. The van der Waals surface area contributed by atoms with E-state index < -0.39 is 29.6 Å². The van der Waals surface area contributed by atoms with Gasteiger partial charge in [0.15, 0.2) is 0 Å². The quantitative estimate of drug-likeness (QED) is 0.407. The van der Waals surface area contributed by atoms with Gasteiger partial charge < -0.3 is 15.2 Å². The van der Waals surface area contributed by atoms with Crippen molar-refractivity contribution in [2.45, 2.75) is 18.1 Å². The van der Waals surface area contributed by atoms with Crippen LogP contribution in [-0.2, 0) is 11.0 Å². The van der Waals surface area contributed by atoms with Crippen LogP contribution in [0.1, 0.15) is 39.0 Å². The average Bonchev–Trinajstić information content (AvgIpc) is 3.24. The van der Waals surface area contributed by atoms with E-state index in [4.69, 9.17) is 0 Å². The predicted molar refractivity (Wildman–Crippen MR) is 122 cm³/mol. The summed E-state index contributed by atoms with van der Waals surface area (Å²) in [6.45, 7) is 0. The van der Waals surface area contributed by atoms with Crippen LogP contribution in [0.2, 0.25) is 0 Å². The average molecular weight is 463 g/mol. The summed E-state index contributed by atoms with van der Waals surface area (Å²) in [5.74, 6) is -1.40. The van der Waals surface area contributed by atoms with Crippen LogP contribution < -0.4 is 5.32 Å². The maximum atomic E-state index is 13.6. The number of aromatic amines is 1. The standard InChI is InChI=1S/C26H20F3N3O2/c1-32-23(20-14-30-21-9-5-4-6-17(20)21)22(18-7-2-3-8-19(18)25(32)34)24(33)31-16-12-10-15(11-13-16)26(27,28)29/h2-14,22-23,30H,1H3,(H,31,33)/t22-,23-/m0/s1. The van der Waals surface area contributed by atoms with Gasteiger partial charge in [-0.05, 0) is 42.0 Å². The van der Waals surface area contributed by atoms with Crippen molar-refractivity contribution in [3.05, 3.63) is 101 Å². The number of carbonyl (C=O) groups excluding carboxylic acids is 2. The fourth-order valence-corrected chi connectivity index (χ4v) is 4.65. The van der Waals surface area contributed by atoms with Crippen LogP contribution in [0.3, 0.4) is 0 Å². The molecule has 34 heavy (non-hydrogen) atoms. The molecular formula is C26H20F3N3O2. The van der Waals surface area contributed by atoms with Gasteiger partial charge in [0.2, 0.25) is 5.91 Å². The second kappa shape index (κ2) is 8.06. The Balaban J connectivity index is 1.58. The molecule has 0 spiro atoms. The van der Waals surface area contributed by atoms with Crippen LogP contribution in [-0.4, -0.2) is 28.7 Å². The molecule has 1 aliphatic heterocycles. The van der Waals surface area contributed by atoms with E-state index in [9.17, 15) is 22.8 Å². The molecule has 3 aromatic carbocycles. The minimum atomic E-state index is -4.46. The first kappa shape index (κ1) is 21.8. The number of carbonyl (C=O) groups is 2. The lowest BCUT2D eigenvalue weighted by molar-refractivity contribution is -0.137. The highest BCUT2D eigenvalue weighted by atomic mass is 19.4. The summed E-state index contributed by atoms with van der Waals surface area (Å²) < 4.78 is 38.8.